The highest BCUT2D eigenvalue weighted by Crippen LogP contribution is 2.14. The molecule has 10 heavy (non-hydrogen) atoms. The molecule has 1 aromatic heterocycles. The molecule has 1 heterocycles. The highest BCUT2D eigenvalue weighted by molar-refractivity contribution is 6.30. The predicted molar refractivity (Wildman–Crippen MR) is 38.3 cm³/mol. The Morgan fingerprint density at radius 2 is 2.40 bits per heavy atom. The lowest BCUT2D eigenvalue weighted by molar-refractivity contribution is 0.620. The monoisotopic (exact) mass is 158 g/mol. The van der Waals surface area contributed by atoms with Crippen LogP contribution in [-0.4, -0.2) is 4.98 Å². The fourth-order valence-electron chi connectivity index (χ4n) is 0.641. The van der Waals surface area contributed by atoms with Gasteiger partial charge in [0.15, 0.2) is 0 Å². The first-order valence-electron chi connectivity index (χ1n) is 2.84. The summed E-state index contributed by atoms with van der Waals surface area (Å²) in [6, 6.07) is 1.34. The van der Waals surface area contributed by atoms with E-state index >= 15 is 0 Å². The van der Waals surface area contributed by atoms with Crippen molar-refractivity contribution in [1.29, 1.82) is 0 Å². The maximum Gasteiger partial charge on any atom is 0.141 e. The van der Waals surface area contributed by atoms with Gasteiger partial charge in [-0.2, -0.15) is 0 Å². The van der Waals surface area contributed by atoms with Crippen LogP contribution >= 0.6 is 11.6 Å². The van der Waals surface area contributed by atoms with Gasteiger partial charge in [0, 0.05) is 0 Å². The van der Waals surface area contributed by atoms with Gasteiger partial charge >= 0.3 is 0 Å². The van der Waals surface area contributed by atoms with Crippen LogP contribution < -0.4 is 0 Å². The maximum absolute atomic E-state index is 12.4. The van der Waals surface area contributed by atoms with E-state index in [9.17, 15) is 4.39 Å². The van der Waals surface area contributed by atoms with Crippen molar-refractivity contribution >= 4 is 11.6 Å². The van der Waals surface area contributed by atoms with Gasteiger partial charge in [0.05, 0.1) is 6.20 Å². The van der Waals surface area contributed by atoms with Crippen molar-refractivity contribution in [2.75, 3.05) is 0 Å². The largest absolute Gasteiger partial charge is 0.241 e. The zero-order valence-corrected chi connectivity index (χ0v) is 6.19. The lowest BCUT2D eigenvalue weighted by atomic mass is 10.2. The van der Waals surface area contributed by atoms with Gasteiger partial charge < -0.3 is 0 Å². The van der Waals surface area contributed by atoms with Gasteiger partial charge in [-0.05, 0) is 18.1 Å². The summed E-state index contributed by atoms with van der Waals surface area (Å²) in [4.78, 5) is 3.61. The molecule has 0 N–H and O–H groups in total. The molecule has 1 rings (SSSR count). The van der Waals surface area contributed by atoms with Crippen LogP contribution in [0.25, 0.3) is 0 Å². The number of pyridine rings is 1. The summed E-state index contributed by atoms with van der Waals surface area (Å²) in [5, 5.41) is 0.337. The smallest absolute Gasteiger partial charge is 0.141 e. The zero-order valence-electron chi connectivity index (χ0n) is 5.44. The van der Waals surface area contributed by atoms with E-state index in [0.29, 0.717) is 10.7 Å². The number of aromatic nitrogens is 1. The SMILES string of the molecule is C[CH]c1cc(F)cnc1Cl. The van der Waals surface area contributed by atoms with Crippen molar-refractivity contribution in [3.8, 4) is 0 Å². The molecule has 0 saturated carbocycles. The molecular weight excluding hydrogens is 153 g/mol. The summed E-state index contributed by atoms with van der Waals surface area (Å²) in [7, 11) is 0. The molecule has 3 heteroatoms. The van der Waals surface area contributed by atoms with E-state index in [1.54, 1.807) is 13.3 Å². The summed E-state index contributed by atoms with van der Waals surface area (Å²) in [5.41, 5.74) is 0.627. The van der Waals surface area contributed by atoms with Gasteiger partial charge in [0.25, 0.3) is 0 Å². The predicted octanol–water partition coefficient (Wildman–Crippen LogP) is 2.45. The number of rotatable bonds is 1. The molecule has 0 atom stereocenters. The van der Waals surface area contributed by atoms with Crippen LogP contribution in [0.5, 0.6) is 0 Å². The fraction of sp³-hybridized carbons (Fsp3) is 0.143. The average molecular weight is 159 g/mol. The van der Waals surface area contributed by atoms with Crippen molar-refractivity contribution in [1.82, 2.24) is 4.98 Å². The van der Waals surface area contributed by atoms with Crippen molar-refractivity contribution in [3.05, 3.63) is 35.2 Å². The number of hydrogen-bond donors (Lipinski definition) is 0. The third-order valence-corrected chi connectivity index (χ3v) is 1.46. The molecule has 0 unspecified atom stereocenters. The average Bonchev–Trinajstić information content (AvgIpc) is 1.94. The van der Waals surface area contributed by atoms with E-state index < -0.39 is 0 Å². The molecule has 0 fully saturated rings. The van der Waals surface area contributed by atoms with Crippen LogP contribution in [0.4, 0.5) is 4.39 Å². The van der Waals surface area contributed by atoms with Gasteiger partial charge in [-0.1, -0.05) is 18.5 Å². The molecule has 0 saturated heterocycles. The Balaban J connectivity index is 3.09. The Bertz CT molecular complexity index is 237. The molecule has 0 bridgehead atoms. The van der Waals surface area contributed by atoms with Crippen molar-refractivity contribution in [2.24, 2.45) is 0 Å². The van der Waals surface area contributed by atoms with Gasteiger partial charge in [-0.15, -0.1) is 0 Å². The number of halogens is 2. The summed E-state index contributed by atoms with van der Waals surface area (Å²) in [6.07, 6.45) is 2.80. The summed E-state index contributed by atoms with van der Waals surface area (Å²) in [5.74, 6) is -0.363. The van der Waals surface area contributed by atoms with Crippen molar-refractivity contribution < 1.29 is 4.39 Å². The minimum Gasteiger partial charge on any atom is -0.241 e. The second kappa shape index (κ2) is 2.97. The Hall–Kier alpha value is -0.630. The summed E-state index contributed by atoms with van der Waals surface area (Å²) in [6.45, 7) is 1.78. The van der Waals surface area contributed by atoms with Gasteiger partial charge in [-0.3, -0.25) is 0 Å². The van der Waals surface area contributed by atoms with Crippen LogP contribution in [0.1, 0.15) is 12.5 Å². The topological polar surface area (TPSA) is 12.9 Å². The summed E-state index contributed by atoms with van der Waals surface area (Å²) < 4.78 is 12.4. The van der Waals surface area contributed by atoms with E-state index in [1.807, 2.05) is 0 Å². The molecule has 1 nitrogen and oxygen atoms in total. The van der Waals surface area contributed by atoms with Crippen molar-refractivity contribution in [2.45, 2.75) is 6.92 Å². The fourth-order valence-corrected chi connectivity index (χ4v) is 0.853. The third-order valence-electron chi connectivity index (χ3n) is 1.14. The van der Waals surface area contributed by atoms with E-state index in [0.717, 1.165) is 6.20 Å². The van der Waals surface area contributed by atoms with Crippen LogP contribution in [0.3, 0.4) is 0 Å². The van der Waals surface area contributed by atoms with E-state index in [-0.39, 0.29) is 5.82 Å². The lowest BCUT2D eigenvalue weighted by Crippen LogP contribution is -1.85. The van der Waals surface area contributed by atoms with Gasteiger partial charge in [0.2, 0.25) is 0 Å². The van der Waals surface area contributed by atoms with Crippen LogP contribution in [0, 0.1) is 12.2 Å². The molecule has 1 aromatic rings. The highest BCUT2D eigenvalue weighted by atomic mass is 35.5. The second-order valence-electron chi connectivity index (χ2n) is 1.82. The number of nitrogens with zero attached hydrogens (tertiary/aromatic N) is 1. The molecule has 0 aliphatic rings. The molecule has 0 amide bonds. The summed E-state index contributed by atoms with van der Waals surface area (Å²) >= 11 is 5.59. The second-order valence-corrected chi connectivity index (χ2v) is 2.18. The van der Waals surface area contributed by atoms with Crippen LogP contribution in [0.2, 0.25) is 5.15 Å². The third kappa shape index (κ3) is 1.45. The lowest BCUT2D eigenvalue weighted by Gasteiger charge is -1.96. The van der Waals surface area contributed by atoms with Crippen molar-refractivity contribution in [3.63, 3.8) is 0 Å². The first kappa shape index (κ1) is 7.48. The van der Waals surface area contributed by atoms with E-state index in [4.69, 9.17) is 11.6 Å². The maximum atomic E-state index is 12.4. The molecule has 1 radical (unpaired) electrons. The Kier molecular flexibility index (Phi) is 2.22. The molecule has 0 aliphatic heterocycles. The van der Waals surface area contributed by atoms with E-state index in [1.165, 1.54) is 6.07 Å². The quantitative estimate of drug-likeness (QED) is 0.572. The zero-order chi connectivity index (χ0) is 7.56. The van der Waals surface area contributed by atoms with E-state index in [2.05, 4.69) is 4.98 Å². The first-order valence-corrected chi connectivity index (χ1v) is 3.22. The Morgan fingerprint density at radius 1 is 1.70 bits per heavy atom. The van der Waals surface area contributed by atoms with Gasteiger partial charge in [-0.25, -0.2) is 9.37 Å². The molecule has 0 spiro atoms. The standard InChI is InChI=1S/C7H6ClFN/c1-2-5-3-6(9)4-10-7(5)8/h2-4H,1H3. The molecular formula is C7H6ClFN. The first-order chi connectivity index (χ1) is 4.74. The van der Waals surface area contributed by atoms with Gasteiger partial charge in [0.1, 0.15) is 11.0 Å². The highest BCUT2D eigenvalue weighted by Gasteiger charge is 1.99. The minimum absolute atomic E-state index is 0.337. The Labute approximate surface area is 63.8 Å². The minimum atomic E-state index is -0.363. The molecule has 0 aliphatic carbocycles. The Morgan fingerprint density at radius 3 is 2.90 bits per heavy atom. The number of hydrogen-bond acceptors (Lipinski definition) is 1. The molecule has 53 valence electrons. The normalized spacial score (nSPS) is 9.90. The van der Waals surface area contributed by atoms with Crippen LogP contribution in [0.15, 0.2) is 12.3 Å². The van der Waals surface area contributed by atoms with Crippen LogP contribution in [-0.2, 0) is 0 Å². The molecule has 0 aromatic carbocycles.